The van der Waals surface area contributed by atoms with Crippen LogP contribution in [-0.2, 0) is 6.54 Å². The van der Waals surface area contributed by atoms with Gasteiger partial charge in [-0.05, 0) is 48.1 Å². The highest BCUT2D eigenvalue weighted by atomic mass is 35.5. The van der Waals surface area contributed by atoms with Crippen LogP contribution in [0.4, 0.5) is 5.69 Å². The Morgan fingerprint density at radius 3 is 2.16 bits per heavy atom. The molecule has 0 amide bonds. The van der Waals surface area contributed by atoms with Crippen LogP contribution in [0, 0.1) is 0 Å². The predicted molar refractivity (Wildman–Crippen MR) is 82.2 cm³/mol. The van der Waals surface area contributed by atoms with Gasteiger partial charge in [-0.3, -0.25) is 0 Å². The second-order valence-electron chi connectivity index (χ2n) is 5.03. The van der Waals surface area contributed by atoms with Crippen molar-refractivity contribution in [3.05, 3.63) is 63.6 Å². The third-order valence-electron chi connectivity index (χ3n) is 3.39. The molecule has 1 saturated carbocycles. The molecule has 3 rings (SSSR count). The minimum Gasteiger partial charge on any atom is -0.381 e. The van der Waals surface area contributed by atoms with Crippen LogP contribution in [-0.4, -0.2) is 0 Å². The fraction of sp³-hybridized carbons (Fsp3) is 0.250. The molecule has 1 aliphatic carbocycles. The fourth-order valence-electron chi connectivity index (χ4n) is 2.18. The number of anilines is 1. The molecule has 98 valence electrons. The van der Waals surface area contributed by atoms with E-state index in [-0.39, 0.29) is 0 Å². The number of hydrogen-bond donors (Lipinski definition) is 1. The van der Waals surface area contributed by atoms with E-state index in [9.17, 15) is 0 Å². The Labute approximate surface area is 123 Å². The molecule has 3 heteroatoms. The molecule has 0 spiro atoms. The number of benzene rings is 2. The van der Waals surface area contributed by atoms with E-state index in [0.717, 1.165) is 18.2 Å². The Morgan fingerprint density at radius 1 is 0.947 bits per heavy atom. The molecule has 1 aliphatic rings. The number of halogens is 2. The average molecular weight is 292 g/mol. The largest absolute Gasteiger partial charge is 0.381 e. The molecule has 1 N–H and O–H groups in total. The SMILES string of the molecule is Clc1cc(Cl)cc(NCc2ccc(C3CC3)cc2)c1. The van der Waals surface area contributed by atoms with Crippen molar-refractivity contribution in [2.24, 2.45) is 0 Å². The molecule has 19 heavy (non-hydrogen) atoms. The lowest BCUT2D eigenvalue weighted by molar-refractivity contribution is 1.10. The molecular formula is C16H15Cl2N. The number of nitrogens with one attached hydrogen (secondary N) is 1. The maximum Gasteiger partial charge on any atom is 0.0441 e. The molecule has 0 aliphatic heterocycles. The summed E-state index contributed by atoms with van der Waals surface area (Å²) in [6, 6.07) is 14.3. The first kappa shape index (κ1) is 12.8. The van der Waals surface area contributed by atoms with Crippen LogP contribution in [0.5, 0.6) is 0 Å². The monoisotopic (exact) mass is 291 g/mol. The fourth-order valence-corrected chi connectivity index (χ4v) is 2.71. The van der Waals surface area contributed by atoms with Gasteiger partial charge in [0.2, 0.25) is 0 Å². The number of rotatable bonds is 4. The first-order chi connectivity index (χ1) is 9.20. The van der Waals surface area contributed by atoms with Crippen LogP contribution in [0.2, 0.25) is 10.0 Å². The number of hydrogen-bond acceptors (Lipinski definition) is 1. The molecule has 0 saturated heterocycles. The van der Waals surface area contributed by atoms with Crippen LogP contribution >= 0.6 is 23.2 Å². The van der Waals surface area contributed by atoms with Crippen LogP contribution < -0.4 is 5.32 Å². The second kappa shape index (κ2) is 5.44. The Bertz CT molecular complexity index is 554. The van der Waals surface area contributed by atoms with E-state index in [1.165, 1.54) is 24.0 Å². The van der Waals surface area contributed by atoms with Gasteiger partial charge < -0.3 is 5.32 Å². The van der Waals surface area contributed by atoms with E-state index < -0.39 is 0 Å². The molecule has 0 bridgehead atoms. The van der Waals surface area contributed by atoms with Gasteiger partial charge in [0, 0.05) is 22.3 Å². The zero-order valence-electron chi connectivity index (χ0n) is 10.5. The molecule has 0 heterocycles. The highest BCUT2D eigenvalue weighted by molar-refractivity contribution is 6.35. The quantitative estimate of drug-likeness (QED) is 0.786. The Balaban J connectivity index is 1.64. The summed E-state index contributed by atoms with van der Waals surface area (Å²) in [5.41, 5.74) is 3.68. The first-order valence-corrected chi connectivity index (χ1v) is 7.25. The minimum absolute atomic E-state index is 0.652. The van der Waals surface area contributed by atoms with Gasteiger partial charge in [-0.25, -0.2) is 0 Å². The summed E-state index contributed by atoms with van der Waals surface area (Å²) in [5.74, 6) is 0.814. The summed E-state index contributed by atoms with van der Waals surface area (Å²) < 4.78 is 0. The summed E-state index contributed by atoms with van der Waals surface area (Å²) in [5, 5.41) is 4.64. The van der Waals surface area contributed by atoms with Crippen molar-refractivity contribution in [3.8, 4) is 0 Å². The van der Waals surface area contributed by atoms with Crippen molar-refractivity contribution < 1.29 is 0 Å². The smallest absolute Gasteiger partial charge is 0.0441 e. The van der Waals surface area contributed by atoms with Crippen molar-refractivity contribution in [1.82, 2.24) is 0 Å². The van der Waals surface area contributed by atoms with Gasteiger partial charge in [0.25, 0.3) is 0 Å². The Kier molecular flexibility index (Phi) is 3.67. The summed E-state index contributed by atoms with van der Waals surface area (Å²) in [4.78, 5) is 0. The summed E-state index contributed by atoms with van der Waals surface area (Å²) in [7, 11) is 0. The second-order valence-corrected chi connectivity index (χ2v) is 5.90. The van der Waals surface area contributed by atoms with E-state index in [0.29, 0.717) is 10.0 Å². The highest BCUT2D eigenvalue weighted by Gasteiger charge is 2.22. The van der Waals surface area contributed by atoms with E-state index >= 15 is 0 Å². The van der Waals surface area contributed by atoms with Gasteiger partial charge in [-0.15, -0.1) is 0 Å². The first-order valence-electron chi connectivity index (χ1n) is 6.49. The zero-order valence-corrected chi connectivity index (χ0v) is 12.0. The molecule has 1 nitrogen and oxygen atoms in total. The lowest BCUT2D eigenvalue weighted by Crippen LogP contribution is -1.99. The molecule has 2 aromatic carbocycles. The van der Waals surface area contributed by atoms with Crippen LogP contribution in [0.15, 0.2) is 42.5 Å². The normalized spacial score (nSPS) is 14.4. The summed E-state index contributed by atoms with van der Waals surface area (Å²) in [6.45, 7) is 0.779. The van der Waals surface area contributed by atoms with E-state index in [1.54, 1.807) is 6.07 Å². The summed E-state index contributed by atoms with van der Waals surface area (Å²) >= 11 is 11.9. The van der Waals surface area contributed by atoms with Gasteiger partial charge in [0.15, 0.2) is 0 Å². The van der Waals surface area contributed by atoms with E-state index in [2.05, 4.69) is 29.6 Å². The van der Waals surface area contributed by atoms with Crippen LogP contribution in [0.1, 0.15) is 29.9 Å². The van der Waals surface area contributed by atoms with E-state index in [1.807, 2.05) is 12.1 Å². The molecule has 0 aromatic heterocycles. The van der Waals surface area contributed by atoms with Gasteiger partial charge in [0.1, 0.15) is 0 Å². The third-order valence-corrected chi connectivity index (χ3v) is 3.82. The van der Waals surface area contributed by atoms with Crippen molar-refractivity contribution in [2.75, 3.05) is 5.32 Å². The lowest BCUT2D eigenvalue weighted by atomic mass is 10.1. The Morgan fingerprint density at radius 2 is 1.58 bits per heavy atom. The van der Waals surface area contributed by atoms with Gasteiger partial charge in [-0.1, -0.05) is 47.5 Å². The van der Waals surface area contributed by atoms with Crippen molar-refractivity contribution in [1.29, 1.82) is 0 Å². The maximum absolute atomic E-state index is 5.97. The highest BCUT2D eigenvalue weighted by Crippen LogP contribution is 2.39. The standard InChI is InChI=1S/C16H15Cl2N/c17-14-7-15(18)9-16(8-14)19-10-11-1-3-12(4-2-11)13-5-6-13/h1-4,7-9,13,19H,5-6,10H2. The maximum atomic E-state index is 5.97. The van der Waals surface area contributed by atoms with Gasteiger partial charge in [0.05, 0.1) is 0 Å². The summed E-state index contributed by atoms with van der Waals surface area (Å²) in [6.07, 6.45) is 2.69. The zero-order chi connectivity index (χ0) is 13.2. The van der Waals surface area contributed by atoms with Crippen molar-refractivity contribution >= 4 is 28.9 Å². The third kappa shape index (κ3) is 3.43. The molecule has 2 aromatic rings. The lowest BCUT2D eigenvalue weighted by Gasteiger charge is -2.08. The van der Waals surface area contributed by atoms with Crippen molar-refractivity contribution in [2.45, 2.75) is 25.3 Å². The molecule has 0 atom stereocenters. The van der Waals surface area contributed by atoms with Crippen LogP contribution in [0.3, 0.4) is 0 Å². The van der Waals surface area contributed by atoms with Gasteiger partial charge in [-0.2, -0.15) is 0 Å². The predicted octanol–water partition coefficient (Wildman–Crippen LogP) is 5.48. The minimum atomic E-state index is 0.652. The average Bonchev–Trinajstić information content (AvgIpc) is 3.20. The molecular weight excluding hydrogens is 277 g/mol. The topological polar surface area (TPSA) is 12.0 Å². The molecule has 0 unspecified atom stereocenters. The Hall–Kier alpha value is -1.18. The van der Waals surface area contributed by atoms with Gasteiger partial charge >= 0.3 is 0 Å². The van der Waals surface area contributed by atoms with Crippen LogP contribution in [0.25, 0.3) is 0 Å². The molecule has 1 fully saturated rings. The van der Waals surface area contributed by atoms with E-state index in [4.69, 9.17) is 23.2 Å². The van der Waals surface area contributed by atoms with Crippen molar-refractivity contribution in [3.63, 3.8) is 0 Å². The molecule has 0 radical (unpaired) electrons.